The van der Waals surface area contributed by atoms with E-state index in [0.717, 1.165) is 56.1 Å². The van der Waals surface area contributed by atoms with E-state index in [1.54, 1.807) is 20.1 Å². The maximum absolute atomic E-state index is 12.7. The van der Waals surface area contributed by atoms with Crippen molar-refractivity contribution in [1.29, 1.82) is 0 Å². The average molecular weight is 472 g/mol. The number of rotatable bonds is 11. The molecule has 1 heterocycles. The lowest BCUT2D eigenvalue weighted by molar-refractivity contribution is -0.111. The minimum atomic E-state index is -0.365. The Morgan fingerprint density at radius 3 is 2.70 bits per heavy atom. The minimum absolute atomic E-state index is 0.294. The zero-order chi connectivity index (χ0) is 23.6. The predicted octanol–water partition coefficient (Wildman–Crippen LogP) is 6.03. The van der Waals surface area contributed by atoms with Gasteiger partial charge in [0.1, 0.15) is 5.00 Å². The maximum Gasteiger partial charge on any atom is 0.341 e. The van der Waals surface area contributed by atoms with Crippen LogP contribution in [0.4, 0.5) is 5.00 Å². The molecule has 0 saturated heterocycles. The number of fused-ring (bicyclic) bond motifs is 1. The first-order chi connectivity index (χ1) is 16.1. The van der Waals surface area contributed by atoms with E-state index in [1.165, 1.54) is 22.3 Å². The Bertz CT molecular complexity index is 995. The van der Waals surface area contributed by atoms with Gasteiger partial charge in [0.05, 0.1) is 25.9 Å². The van der Waals surface area contributed by atoms with Crippen LogP contribution >= 0.6 is 11.3 Å². The first-order valence-electron chi connectivity index (χ1n) is 11.7. The predicted molar refractivity (Wildman–Crippen MR) is 133 cm³/mol. The summed E-state index contributed by atoms with van der Waals surface area (Å²) in [4.78, 5) is 26.4. The zero-order valence-electron chi connectivity index (χ0n) is 19.7. The molecule has 6 nitrogen and oxygen atoms in total. The van der Waals surface area contributed by atoms with Crippen LogP contribution < -0.4 is 14.8 Å². The third-order valence-corrected chi connectivity index (χ3v) is 6.72. The van der Waals surface area contributed by atoms with Gasteiger partial charge >= 0.3 is 5.97 Å². The molecule has 0 unspecified atom stereocenters. The number of thiophene rings is 1. The molecule has 0 fully saturated rings. The van der Waals surface area contributed by atoms with Crippen LogP contribution in [-0.4, -0.2) is 32.2 Å². The standard InChI is InChI=1S/C26H33NO5S/c1-4-6-9-16-32-20-14-12-18(17-21(20)30-3)13-15-23(28)27-25-24(26(29)31-5-2)19-10-7-8-11-22(19)33-25/h12-15,17H,4-11,16H2,1-3H3,(H,27,28)/b15-13+. The van der Waals surface area contributed by atoms with Crippen LogP contribution in [0.2, 0.25) is 0 Å². The Morgan fingerprint density at radius 1 is 1.12 bits per heavy atom. The molecule has 1 aromatic heterocycles. The smallest absolute Gasteiger partial charge is 0.341 e. The number of carbonyl (C=O) groups excluding carboxylic acids is 2. The van der Waals surface area contributed by atoms with E-state index in [1.807, 2.05) is 18.2 Å². The van der Waals surface area contributed by atoms with Crippen LogP contribution in [0.25, 0.3) is 6.08 Å². The van der Waals surface area contributed by atoms with Crippen molar-refractivity contribution in [3.63, 3.8) is 0 Å². The number of amides is 1. The number of aryl methyl sites for hydroxylation is 1. The lowest BCUT2D eigenvalue weighted by atomic mass is 9.95. The lowest BCUT2D eigenvalue weighted by Crippen LogP contribution is -2.14. The van der Waals surface area contributed by atoms with E-state index in [9.17, 15) is 9.59 Å². The number of unbranched alkanes of at least 4 members (excludes halogenated alkanes) is 2. The fourth-order valence-corrected chi connectivity index (χ4v) is 5.12. The minimum Gasteiger partial charge on any atom is -0.493 e. The van der Waals surface area contributed by atoms with Crippen molar-refractivity contribution in [3.8, 4) is 11.5 Å². The van der Waals surface area contributed by atoms with Gasteiger partial charge in [-0.15, -0.1) is 11.3 Å². The SMILES string of the molecule is CCCCCOc1ccc(/C=C/C(=O)Nc2sc3c(c2C(=O)OCC)CCCC3)cc1OC. The number of benzene rings is 1. The van der Waals surface area contributed by atoms with Gasteiger partial charge in [0.2, 0.25) is 5.91 Å². The number of hydrogen-bond donors (Lipinski definition) is 1. The number of methoxy groups -OCH3 is 1. The second-order valence-electron chi connectivity index (χ2n) is 7.92. The molecule has 3 rings (SSSR count). The molecule has 2 aromatic rings. The molecular weight excluding hydrogens is 438 g/mol. The van der Waals surface area contributed by atoms with Crippen molar-refractivity contribution in [3.05, 3.63) is 45.8 Å². The monoisotopic (exact) mass is 471 g/mol. The molecule has 0 saturated carbocycles. The highest BCUT2D eigenvalue weighted by atomic mass is 32.1. The van der Waals surface area contributed by atoms with Crippen LogP contribution in [0.3, 0.4) is 0 Å². The summed E-state index contributed by atoms with van der Waals surface area (Å²) in [6.07, 6.45) is 10.4. The van der Waals surface area contributed by atoms with E-state index >= 15 is 0 Å². The zero-order valence-corrected chi connectivity index (χ0v) is 20.5. The van der Waals surface area contributed by atoms with E-state index in [0.29, 0.717) is 35.3 Å². The highest BCUT2D eigenvalue weighted by Gasteiger charge is 2.26. The summed E-state index contributed by atoms with van der Waals surface area (Å²) >= 11 is 1.48. The van der Waals surface area contributed by atoms with E-state index in [-0.39, 0.29) is 11.9 Å². The van der Waals surface area contributed by atoms with Crippen molar-refractivity contribution in [2.75, 3.05) is 25.6 Å². The Hall–Kier alpha value is -2.80. The van der Waals surface area contributed by atoms with Crippen molar-refractivity contribution in [1.82, 2.24) is 0 Å². The number of nitrogens with one attached hydrogen (secondary N) is 1. The molecule has 1 amide bonds. The lowest BCUT2D eigenvalue weighted by Gasteiger charge is -2.12. The van der Waals surface area contributed by atoms with Gasteiger partial charge < -0.3 is 19.5 Å². The fourth-order valence-electron chi connectivity index (χ4n) is 3.84. The molecule has 1 aliphatic rings. The molecule has 0 radical (unpaired) electrons. The summed E-state index contributed by atoms with van der Waals surface area (Å²) in [5.41, 5.74) is 2.37. The van der Waals surface area contributed by atoms with Gasteiger partial charge in [-0.3, -0.25) is 4.79 Å². The number of ether oxygens (including phenoxy) is 3. The average Bonchev–Trinajstić information content (AvgIpc) is 3.18. The Balaban J connectivity index is 1.70. The van der Waals surface area contributed by atoms with E-state index in [2.05, 4.69) is 12.2 Å². The number of esters is 1. The number of carbonyl (C=O) groups is 2. The van der Waals surface area contributed by atoms with Crippen LogP contribution in [-0.2, 0) is 22.4 Å². The number of anilines is 1. The Labute approximate surface area is 199 Å². The normalized spacial score (nSPS) is 12.9. The molecule has 178 valence electrons. The van der Waals surface area contributed by atoms with Gasteiger partial charge in [-0.2, -0.15) is 0 Å². The molecule has 1 N–H and O–H groups in total. The molecule has 0 atom stereocenters. The van der Waals surface area contributed by atoms with Gasteiger partial charge in [-0.25, -0.2) is 4.79 Å². The summed E-state index contributed by atoms with van der Waals surface area (Å²) < 4.78 is 16.5. The highest BCUT2D eigenvalue weighted by molar-refractivity contribution is 7.17. The molecule has 7 heteroatoms. The maximum atomic E-state index is 12.7. The largest absolute Gasteiger partial charge is 0.493 e. The summed E-state index contributed by atoms with van der Waals surface area (Å²) in [5, 5.41) is 3.47. The third kappa shape index (κ3) is 6.60. The Kier molecular flexibility index (Phi) is 9.36. The first-order valence-corrected chi connectivity index (χ1v) is 12.5. The fraction of sp³-hybridized carbons (Fsp3) is 0.462. The molecule has 1 aliphatic carbocycles. The Morgan fingerprint density at radius 2 is 1.94 bits per heavy atom. The summed E-state index contributed by atoms with van der Waals surface area (Å²) in [6.45, 7) is 4.89. The van der Waals surface area contributed by atoms with Gasteiger partial charge in [0.15, 0.2) is 11.5 Å². The molecule has 1 aromatic carbocycles. The topological polar surface area (TPSA) is 73.9 Å². The van der Waals surface area contributed by atoms with Gasteiger partial charge in [0.25, 0.3) is 0 Å². The van der Waals surface area contributed by atoms with E-state index in [4.69, 9.17) is 14.2 Å². The van der Waals surface area contributed by atoms with E-state index < -0.39 is 0 Å². The second-order valence-corrected chi connectivity index (χ2v) is 9.03. The quantitative estimate of drug-likeness (QED) is 0.246. The summed E-state index contributed by atoms with van der Waals surface area (Å²) in [6, 6.07) is 5.58. The molecule has 33 heavy (non-hydrogen) atoms. The summed E-state index contributed by atoms with van der Waals surface area (Å²) in [5.74, 6) is 0.663. The van der Waals surface area contributed by atoms with Gasteiger partial charge in [0, 0.05) is 11.0 Å². The van der Waals surface area contributed by atoms with Crippen molar-refractivity contribution < 1.29 is 23.8 Å². The highest BCUT2D eigenvalue weighted by Crippen LogP contribution is 2.38. The molecule has 0 spiro atoms. The van der Waals surface area contributed by atoms with Crippen molar-refractivity contribution in [2.45, 2.75) is 58.8 Å². The van der Waals surface area contributed by atoms with Crippen LogP contribution in [0.1, 0.15) is 72.3 Å². The van der Waals surface area contributed by atoms with Crippen molar-refractivity contribution in [2.24, 2.45) is 0 Å². The number of hydrogen-bond acceptors (Lipinski definition) is 6. The summed E-state index contributed by atoms with van der Waals surface area (Å²) in [7, 11) is 1.60. The van der Waals surface area contributed by atoms with Gasteiger partial charge in [-0.05, 0) is 68.4 Å². The molecule has 0 bridgehead atoms. The van der Waals surface area contributed by atoms with Crippen LogP contribution in [0.15, 0.2) is 24.3 Å². The van der Waals surface area contributed by atoms with Crippen LogP contribution in [0, 0.1) is 0 Å². The third-order valence-electron chi connectivity index (χ3n) is 5.51. The second kappa shape index (κ2) is 12.4. The molecular formula is C26H33NO5S. The van der Waals surface area contributed by atoms with Gasteiger partial charge in [-0.1, -0.05) is 25.8 Å². The first kappa shape index (κ1) is 24.8. The van der Waals surface area contributed by atoms with Crippen molar-refractivity contribution >= 4 is 34.3 Å². The van der Waals surface area contributed by atoms with Crippen LogP contribution in [0.5, 0.6) is 11.5 Å². The molecule has 0 aliphatic heterocycles.